The first-order valence-electron chi connectivity index (χ1n) is 10.9. The zero-order valence-electron chi connectivity index (χ0n) is 17.5. The topological polar surface area (TPSA) is 89.9 Å². The van der Waals surface area contributed by atoms with Gasteiger partial charge in [-0.2, -0.15) is 0 Å². The van der Waals surface area contributed by atoms with Crippen molar-refractivity contribution in [3.63, 3.8) is 0 Å². The molecule has 162 valence electrons. The molecule has 1 aromatic heterocycles. The molecule has 1 amide bonds. The summed E-state index contributed by atoms with van der Waals surface area (Å²) in [5.74, 6) is 0.159. The molecule has 1 fully saturated rings. The van der Waals surface area contributed by atoms with Crippen molar-refractivity contribution >= 4 is 17.6 Å². The summed E-state index contributed by atoms with van der Waals surface area (Å²) in [6.07, 6.45) is 9.49. The molecule has 1 saturated carbocycles. The summed E-state index contributed by atoms with van der Waals surface area (Å²) in [5.41, 5.74) is 1.83. The smallest absolute Gasteiger partial charge is 0.248 e. The van der Waals surface area contributed by atoms with Crippen molar-refractivity contribution in [2.24, 2.45) is 4.99 Å². The summed E-state index contributed by atoms with van der Waals surface area (Å²) in [6.45, 7) is 1.20. The number of carbonyl (C=O) groups is 2. The van der Waals surface area contributed by atoms with Gasteiger partial charge in [0.25, 0.3) is 0 Å². The number of ketones is 1. The van der Waals surface area contributed by atoms with Crippen LogP contribution in [0.4, 0.5) is 0 Å². The molecule has 1 atom stereocenters. The third-order valence-corrected chi connectivity index (χ3v) is 5.58. The van der Waals surface area contributed by atoms with Gasteiger partial charge in [0, 0.05) is 35.6 Å². The second-order valence-electron chi connectivity index (χ2n) is 7.83. The highest BCUT2D eigenvalue weighted by Gasteiger charge is 2.26. The summed E-state index contributed by atoms with van der Waals surface area (Å²) in [7, 11) is 0. The van der Waals surface area contributed by atoms with Gasteiger partial charge in [-0.15, -0.1) is 0 Å². The quantitative estimate of drug-likeness (QED) is 0.523. The molecule has 2 aliphatic rings. The lowest BCUT2D eigenvalue weighted by molar-refractivity contribution is -0.122. The van der Waals surface area contributed by atoms with Gasteiger partial charge in [-0.05, 0) is 37.1 Å². The molecule has 4 rings (SSSR count). The van der Waals surface area contributed by atoms with Gasteiger partial charge in [-0.25, -0.2) is 4.99 Å². The first kappa shape index (κ1) is 21.2. The summed E-state index contributed by atoms with van der Waals surface area (Å²) in [4.78, 5) is 33.2. The molecule has 1 N–H and O–H groups in total. The molecule has 1 aromatic carbocycles. The van der Waals surface area contributed by atoms with Gasteiger partial charge in [-0.1, -0.05) is 31.4 Å². The van der Waals surface area contributed by atoms with Gasteiger partial charge in [0.2, 0.25) is 11.8 Å². The van der Waals surface area contributed by atoms with Gasteiger partial charge < -0.3 is 14.8 Å². The van der Waals surface area contributed by atoms with E-state index in [2.05, 4.69) is 15.3 Å². The zero-order chi connectivity index (χ0) is 21.5. The number of amides is 1. The van der Waals surface area contributed by atoms with Gasteiger partial charge in [0.05, 0.1) is 12.7 Å². The number of carbonyl (C=O) groups excluding carboxylic acids is 2. The Hall–Kier alpha value is -3.06. The lowest BCUT2D eigenvalue weighted by atomic mass is 9.98. The third-order valence-electron chi connectivity index (χ3n) is 5.58. The Balaban J connectivity index is 1.27. The van der Waals surface area contributed by atoms with Crippen molar-refractivity contribution in [3.05, 3.63) is 65.5 Å². The standard InChI is InChI=1S/C24H27N3O4/c28-22(19-5-4-12-25-15-19)17-8-10-18(11-9-17)24-27-21(16-31-24)23(29)26-13-14-30-20-6-2-1-3-7-20/h4-5,8-12,15,20-21H,1-3,6-7,13-14,16H2,(H,26,29). The van der Waals surface area contributed by atoms with E-state index >= 15 is 0 Å². The fourth-order valence-corrected chi connectivity index (χ4v) is 3.84. The van der Waals surface area contributed by atoms with E-state index in [4.69, 9.17) is 9.47 Å². The van der Waals surface area contributed by atoms with Crippen LogP contribution in [0.25, 0.3) is 0 Å². The number of nitrogens with zero attached hydrogens (tertiary/aromatic N) is 2. The predicted octanol–water partition coefficient (Wildman–Crippen LogP) is 2.92. The number of nitrogens with one attached hydrogen (secondary N) is 1. The summed E-state index contributed by atoms with van der Waals surface area (Å²) in [5, 5.41) is 2.88. The number of benzene rings is 1. The Morgan fingerprint density at radius 1 is 1.06 bits per heavy atom. The van der Waals surface area contributed by atoms with E-state index < -0.39 is 6.04 Å². The Morgan fingerprint density at radius 3 is 2.61 bits per heavy atom. The number of aliphatic imine (C=N–C) groups is 1. The molecule has 2 aromatic rings. The van der Waals surface area contributed by atoms with Gasteiger partial charge in [0.15, 0.2) is 11.8 Å². The Kier molecular flexibility index (Phi) is 7.04. The van der Waals surface area contributed by atoms with Crippen LogP contribution in [-0.4, -0.2) is 54.5 Å². The van der Waals surface area contributed by atoms with E-state index in [1.165, 1.54) is 19.3 Å². The van der Waals surface area contributed by atoms with Gasteiger partial charge in [-0.3, -0.25) is 14.6 Å². The van der Waals surface area contributed by atoms with E-state index in [0.29, 0.717) is 36.3 Å². The lowest BCUT2D eigenvalue weighted by Gasteiger charge is -2.22. The Morgan fingerprint density at radius 2 is 1.87 bits per heavy atom. The van der Waals surface area contributed by atoms with E-state index in [0.717, 1.165) is 18.4 Å². The highest BCUT2D eigenvalue weighted by molar-refractivity contribution is 6.09. The minimum atomic E-state index is -0.568. The van der Waals surface area contributed by atoms with E-state index in [1.807, 2.05) is 0 Å². The van der Waals surface area contributed by atoms with Gasteiger partial charge in [0.1, 0.15) is 6.61 Å². The highest BCUT2D eigenvalue weighted by Crippen LogP contribution is 2.20. The monoisotopic (exact) mass is 421 g/mol. The molecule has 0 bridgehead atoms. The number of hydrogen-bond donors (Lipinski definition) is 1. The molecule has 7 heteroatoms. The molecule has 31 heavy (non-hydrogen) atoms. The molecule has 7 nitrogen and oxygen atoms in total. The zero-order valence-corrected chi connectivity index (χ0v) is 17.5. The summed E-state index contributed by atoms with van der Waals surface area (Å²) >= 11 is 0. The highest BCUT2D eigenvalue weighted by atomic mass is 16.5. The minimum absolute atomic E-state index is 0.0957. The number of ether oxygens (including phenoxy) is 2. The van der Waals surface area contributed by atoms with E-state index in [-0.39, 0.29) is 18.3 Å². The van der Waals surface area contributed by atoms with Gasteiger partial charge >= 0.3 is 0 Å². The maximum absolute atomic E-state index is 12.5. The lowest BCUT2D eigenvalue weighted by Crippen LogP contribution is -2.37. The average Bonchev–Trinajstić information content (AvgIpc) is 3.33. The number of rotatable bonds is 8. The van der Waals surface area contributed by atoms with Crippen molar-refractivity contribution in [2.45, 2.75) is 44.2 Å². The van der Waals surface area contributed by atoms with Crippen LogP contribution in [0, 0.1) is 0 Å². The molecule has 1 unspecified atom stereocenters. The second-order valence-corrected chi connectivity index (χ2v) is 7.83. The minimum Gasteiger partial charge on any atom is -0.475 e. The molecule has 0 spiro atoms. The fourth-order valence-electron chi connectivity index (χ4n) is 3.84. The third kappa shape index (κ3) is 5.55. The fraction of sp³-hybridized carbons (Fsp3) is 0.417. The second kappa shape index (κ2) is 10.3. The normalized spacial score (nSPS) is 18.8. The van der Waals surface area contributed by atoms with Crippen LogP contribution in [0.5, 0.6) is 0 Å². The van der Waals surface area contributed by atoms with E-state index in [1.54, 1.807) is 48.8 Å². The van der Waals surface area contributed by atoms with Crippen LogP contribution in [-0.2, 0) is 14.3 Å². The maximum atomic E-state index is 12.5. The molecular formula is C24H27N3O4. The first-order chi connectivity index (χ1) is 15.2. The van der Waals surface area contributed by atoms with Crippen LogP contribution >= 0.6 is 0 Å². The van der Waals surface area contributed by atoms with Crippen molar-refractivity contribution in [1.82, 2.24) is 10.3 Å². The average molecular weight is 421 g/mol. The molecule has 2 heterocycles. The predicted molar refractivity (Wildman–Crippen MR) is 116 cm³/mol. The van der Waals surface area contributed by atoms with Crippen LogP contribution in [0.15, 0.2) is 53.8 Å². The number of aromatic nitrogens is 1. The molecule has 0 radical (unpaired) electrons. The summed E-state index contributed by atoms with van der Waals surface area (Å²) < 4.78 is 11.5. The van der Waals surface area contributed by atoms with Crippen LogP contribution in [0.1, 0.15) is 53.6 Å². The molecule has 1 aliphatic carbocycles. The van der Waals surface area contributed by atoms with Crippen LogP contribution in [0.3, 0.4) is 0 Å². The van der Waals surface area contributed by atoms with Crippen molar-refractivity contribution < 1.29 is 19.1 Å². The number of hydrogen-bond acceptors (Lipinski definition) is 6. The van der Waals surface area contributed by atoms with E-state index in [9.17, 15) is 9.59 Å². The van der Waals surface area contributed by atoms with Crippen molar-refractivity contribution in [1.29, 1.82) is 0 Å². The SMILES string of the molecule is O=C(c1ccc(C2=NC(C(=O)NCCOC3CCCCC3)CO2)cc1)c1cccnc1. The molecule has 1 aliphatic heterocycles. The van der Waals surface area contributed by atoms with Crippen LogP contribution in [0.2, 0.25) is 0 Å². The summed E-state index contributed by atoms with van der Waals surface area (Å²) in [6, 6.07) is 9.91. The van der Waals surface area contributed by atoms with Crippen molar-refractivity contribution in [2.75, 3.05) is 19.8 Å². The first-order valence-corrected chi connectivity index (χ1v) is 10.9. The Bertz CT molecular complexity index is 922. The molecule has 0 saturated heterocycles. The number of pyridine rings is 1. The Labute approximate surface area is 181 Å². The van der Waals surface area contributed by atoms with Crippen molar-refractivity contribution in [3.8, 4) is 0 Å². The largest absolute Gasteiger partial charge is 0.475 e. The maximum Gasteiger partial charge on any atom is 0.248 e. The molecular weight excluding hydrogens is 394 g/mol. The van der Waals surface area contributed by atoms with Crippen LogP contribution < -0.4 is 5.32 Å².